The SMILES string of the molecule is CC1=C[C@H](C)[C@H]2CO[C@H](c3ccco3)[C@@H]1[C@H]2C. The van der Waals surface area contributed by atoms with Crippen molar-refractivity contribution in [3.8, 4) is 0 Å². The van der Waals surface area contributed by atoms with Gasteiger partial charge in [-0.1, -0.05) is 25.5 Å². The fraction of sp³-hybridized carbons (Fsp3) is 0.600. The summed E-state index contributed by atoms with van der Waals surface area (Å²) in [5.41, 5.74) is 1.46. The molecule has 2 heterocycles. The minimum Gasteiger partial charge on any atom is -0.467 e. The molecule has 17 heavy (non-hydrogen) atoms. The van der Waals surface area contributed by atoms with Crippen LogP contribution in [0.2, 0.25) is 0 Å². The minimum absolute atomic E-state index is 0.111. The van der Waals surface area contributed by atoms with Crippen LogP contribution in [0.25, 0.3) is 0 Å². The largest absolute Gasteiger partial charge is 0.467 e. The van der Waals surface area contributed by atoms with E-state index in [1.807, 2.05) is 12.1 Å². The molecule has 1 fully saturated rings. The van der Waals surface area contributed by atoms with Gasteiger partial charge in [-0.2, -0.15) is 0 Å². The maximum absolute atomic E-state index is 6.07. The third kappa shape index (κ3) is 1.66. The van der Waals surface area contributed by atoms with Crippen LogP contribution in [0.15, 0.2) is 34.5 Å². The second kappa shape index (κ2) is 4.02. The van der Waals surface area contributed by atoms with Crippen molar-refractivity contribution < 1.29 is 9.15 Å². The van der Waals surface area contributed by atoms with Gasteiger partial charge in [0.15, 0.2) is 0 Å². The van der Waals surface area contributed by atoms with Gasteiger partial charge in [0.25, 0.3) is 0 Å². The molecule has 0 aromatic carbocycles. The van der Waals surface area contributed by atoms with Crippen LogP contribution in [0.3, 0.4) is 0 Å². The van der Waals surface area contributed by atoms with Crippen LogP contribution in [0.4, 0.5) is 0 Å². The van der Waals surface area contributed by atoms with E-state index in [0.717, 1.165) is 12.4 Å². The highest BCUT2D eigenvalue weighted by Crippen LogP contribution is 2.49. The Bertz CT molecular complexity index is 418. The molecule has 1 aliphatic carbocycles. The Balaban J connectivity index is 1.97. The minimum atomic E-state index is 0.111. The topological polar surface area (TPSA) is 22.4 Å². The molecular weight excluding hydrogens is 212 g/mol. The quantitative estimate of drug-likeness (QED) is 0.687. The van der Waals surface area contributed by atoms with Gasteiger partial charge >= 0.3 is 0 Å². The summed E-state index contributed by atoms with van der Waals surface area (Å²) < 4.78 is 11.6. The molecule has 0 amide bonds. The van der Waals surface area contributed by atoms with Gasteiger partial charge in [-0.15, -0.1) is 0 Å². The van der Waals surface area contributed by atoms with Crippen LogP contribution in [0, 0.1) is 23.7 Å². The Morgan fingerprint density at radius 3 is 2.82 bits per heavy atom. The van der Waals surface area contributed by atoms with Crippen LogP contribution < -0.4 is 0 Å². The van der Waals surface area contributed by atoms with Crippen LogP contribution in [0.5, 0.6) is 0 Å². The van der Waals surface area contributed by atoms with E-state index >= 15 is 0 Å². The summed E-state index contributed by atoms with van der Waals surface area (Å²) in [4.78, 5) is 0. The Kier molecular flexibility index (Phi) is 2.62. The zero-order chi connectivity index (χ0) is 12.0. The van der Waals surface area contributed by atoms with Gasteiger partial charge in [0.05, 0.1) is 12.9 Å². The third-order valence-corrected chi connectivity index (χ3v) is 4.59. The molecular formula is C15H20O2. The Hall–Kier alpha value is -1.02. The number of allylic oxidation sites excluding steroid dienone is 1. The second-order valence-electron chi connectivity index (χ2n) is 5.59. The van der Waals surface area contributed by atoms with Crippen LogP contribution in [-0.4, -0.2) is 6.61 Å². The van der Waals surface area contributed by atoms with Crippen molar-refractivity contribution >= 4 is 0 Å². The fourth-order valence-electron chi connectivity index (χ4n) is 3.66. The van der Waals surface area contributed by atoms with E-state index in [4.69, 9.17) is 9.15 Å². The molecule has 1 saturated heterocycles. The van der Waals surface area contributed by atoms with Gasteiger partial charge < -0.3 is 9.15 Å². The number of hydrogen-bond donors (Lipinski definition) is 0. The molecule has 0 unspecified atom stereocenters. The molecule has 92 valence electrons. The summed E-state index contributed by atoms with van der Waals surface area (Å²) in [6.07, 6.45) is 4.27. The molecule has 5 atom stereocenters. The summed E-state index contributed by atoms with van der Waals surface area (Å²) >= 11 is 0. The Labute approximate surface area is 103 Å². The number of hydrogen-bond acceptors (Lipinski definition) is 2. The maximum Gasteiger partial charge on any atom is 0.133 e. The Morgan fingerprint density at radius 2 is 2.12 bits per heavy atom. The van der Waals surface area contributed by atoms with Crippen molar-refractivity contribution in [2.45, 2.75) is 26.9 Å². The van der Waals surface area contributed by atoms with Crippen LogP contribution in [0.1, 0.15) is 32.6 Å². The van der Waals surface area contributed by atoms with Crippen molar-refractivity contribution in [1.82, 2.24) is 0 Å². The molecule has 1 aromatic heterocycles. The van der Waals surface area contributed by atoms with Gasteiger partial charge in [-0.05, 0) is 36.8 Å². The predicted octanol–water partition coefficient (Wildman–Crippen LogP) is 3.82. The van der Waals surface area contributed by atoms with Gasteiger partial charge in [-0.3, -0.25) is 0 Å². The Morgan fingerprint density at radius 1 is 1.29 bits per heavy atom. The molecule has 1 aliphatic heterocycles. The summed E-state index contributed by atoms with van der Waals surface area (Å²) in [6, 6.07) is 3.98. The molecule has 1 aromatic rings. The van der Waals surface area contributed by atoms with Crippen LogP contribution in [-0.2, 0) is 4.74 Å². The van der Waals surface area contributed by atoms with Gasteiger partial charge in [0.1, 0.15) is 11.9 Å². The van der Waals surface area contributed by atoms with E-state index in [0.29, 0.717) is 23.7 Å². The smallest absolute Gasteiger partial charge is 0.133 e. The van der Waals surface area contributed by atoms with Crippen molar-refractivity contribution in [2.24, 2.45) is 23.7 Å². The van der Waals surface area contributed by atoms with E-state index in [-0.39, 0.29) is 6.10 Å². The predicted molar refractivity (Wildman–Crippen MR) is 66.5 cm³/mol. The summed E-state index contributed by atoms with van der Waals surface area (Å²) in [7, 11) is 0. The number of furan rings is 1. The first kappa shape index (κ1) is 11.1. The van der Waals surface area contributed by atoms with Gasteiger partial charge in [-0.25, -0.2) is 0 Å². The van der Waals surface area contributed by atoms with E-state index in [9.17, 15) is 0 Å². The first-order valence-corrected chi connectivity index (χ1v) is 6.52. The highest BCUT2D eigenvalue weighted by molar-refractivity contribution is 5.20. The van der Waals surface area contributed by atoms with E-state index in [1.165, 1.54) is 5.57 Å². The summed E-state index contributed by atoms with van der Waals surface area (Å²) in [5, 5.41) is 0. The molecule has 2 aliphatic rings. The number of ether oxygens (including phenoxy) is 1. The van der Waals surface area contributed by atoms with E-state index in [1.54, 1.807) is 6.26 Å². The van der Waals surface area contributed by atoms with E-state index in [2.05, 4.69) is 26.8 Å². The fourth-order valence-corrected chi connectivity index (χ4v) is 3.66. The summed E-state index contributed by atoms with van der Waals surface area (Å²) in [6.45, 7) is 7.75. The standard InChI is InChI=1S/C15H20O2/c1-9-7-10(2)14-11(3)12(9)8-17-15(14)13-5-4-6-16-13/h4-7,9,11-12,14-15H,8H2,1-3H3/t9-,11-,12+,14-,15+/m0/s1. The van der Waals surface area contributed by atoms with Crippen molar-refractivity contribution in [2.75, 3.05) is 6.61 Å². The van der Waals surface area contributed by atoms with Gasteiger partial charge in [0.2, 0.25) is 0 Å². The van der Waals surface area contributed by atoms with Crippen LogP contribution >= 0.6 is 0 Å². The monoisotopic (exact) mass is 232 g/mol. The lowest BCUT2D eigenvalue weighted by molar-refractivity contribution is -0.101. The maximum atomic E-state index is 6.07. The van der Waals surface area contributed by atoms with Gasteiger partial charge in [0, 0.05) is 5.92 Å². The average molecular weight is 232 g/mol. The lowest BCUT2D eigenvalue weighted by Crippen LogP contribution is -2.42. The normalized spacial score (nSPS) is 41.1. The molecule has 2 heteroatoms. The van der Waals surface area contributed by atoms with Crippen molar-refractivity contribution in [3.05, 3.63) is 35.8 Å². The molecule has 0 spiro atoms. The van der Waals surface area contributed by atoms with Crippen molar-refractivity contribution in [1.29, 1.82) is 0 Å². The first-order valence-electron chi connectivity index (χ1n) is 6.52. The highest BCUT2D eigenvalue weighted by atomic mass is 16.5. The zero-order valence-corrected chi connectivity index (χ0v) is 10.7. The molecule has 2 nitrogen and oxygen atoms in total. The number of rotatable bonds is 1. The molecule has 3 rings (SSSR count). The van der Waals surface area contributed by atoms with Crippen molar-refractivity contribution in [3.63, 3.8) is 0 Å². The lowest BCUT2D eigenvalue weighted by atomic mass is 9.65. The lowest BCUT2D eigenvalue weighted by Gasteiger charge is -2.46. The van der Waals surface area contributed by atoms with E-state index < -0.39 is 0 Å². The molecule has 0 saturated carbocycles. The molecule has 0 radical (unpaired) electrons. The number of fused-ring (bicyclic) bond motifs is 2. The average Bonchev–Trinajstić information content (AvgIpc) is 2.78. The molecule has 0 N–H and O–H groups in total. The first-order chi connectivity index (χ1) is 8.18. The zero-order valence-electron chi connectivity index (χ0n) is 10.7. The summed E-state index contributed by atoms with van der Waals surface area (Å²) in [5.74, 6) is 3.44. The third-order valence-electron chi connectivity index (χ3n) is 4.59. The second-order valence-corrected chi connectivity index (χ2v) is 5.59. The molecule has 2 bridgehead atoms. The highest BCUT2D eigenvalue weighted by Gasteiger charge is 2.44.